The number of fused-ring (bicyclic) bond motifs is 1. The predicted octanol–water partition coefficient (Wildman–Crippen LogP) is 4.58. The van der Waals surface area contributed by atoms with E-state index in [1.807, 2.05) is 63.2 Å². The number of aromatic nitrogens is 1. The summed E-state index contributed by atoms with van der Waals surface area (Å²) in [5.41, 5.74) is 3.97. The van der Waals surface area contributed by atoms with E-state index in [0.717, 1.165) is 26.5 Å². The molecule has 0 aliphatic rings. The molecule has 1 heterocycles. The number of amides is 1. The number of benzene rings is 2. The van der Waals surface area contributed by atoms with Gasteiger partial charge in [0.1, 0.15) is 0 Å². The minimum atomic E-state index is -0.000732. The van der Waals surface area contributed by atoms with Crippen molar-refractivity contribution >= 4 is 32.6 Å². The van der Waals surface area contributed by atoms with Crippen LogP contribution in [0.4, 0.5) is 5.13 Å². The molecule has 0 aliphatic heterocycles. The highest BCUT2D eigenvalue weighted by molar-refractivity contribution is 7.22. The Morgan fingerprint density at radius 1 is 1.14 bits per heavy atom. The highest BCUT2D eigenvalue weighted by Gasteiger charge is 2.19. The second-order valence-electron chi connectivity index (χ2n) is 5.33. The van der Waals surface area contributed by atoms with E-state index in [4.69, 9.17) is 0 Å². The first kappa shape index (κ1) is 14.7. The maximum Gasteiger partial charge on any atom is 0.260 e. The molecule has 0 unspecified atom stereocenters. The molecule has 4 heteroatoms. The summed E-state index contributed by atoms with van der Waals surface area (Å²) in [6, 6.07) is 13.8. The fraction of sp³-hybridized carbons (Fsp3) is 0.222. The minimum absolute atomic E-state index is 0.000732. The summed E-state index contributed by atoms with van der Waals surface area (Å²) in [5.74, 6) is -0.000732. The number of nitrogens with zero attached hydrogens (tertiary/aromatic N) is 2. The zero-order valence-electron chi connectivity index (χ0n) is 13.0. The first-order valence-corrected chi connectivity index (χ1v) is 8.16. The maximum absolute atomic E-state index is 12.7. The summed E-state index contributed by atoms with van der Waals surface area (Å²) in [6.07, 6.45) is 0. The lowest BCUT2D eigenvalue weighted by molar-refractivity contribution is 0.0988. The molecule has 0 aliphatic carbocycles. The van der Waals surface area contributed by atoms with Gasteiger partial charge >= 0.3 is 0 Å². The molecule has 3 aromatic rings. The van der Waals surface area contributed by atoms with Crippen molar-refractivity contribution in [2.75, 3.05) is 11.4 Å². The molecule has 3 rings (SSSR count). The summed E-state index contributed by atoms with van der Waals surface area (Å²) >= 11 is 1.56. The van der Waals surface area contributed by atoms with E-state index in [0.29, 0.717) is 12.1 Å². The Morgan fingerprint density at radius 2 is 1.86 bits per heavy atom. The van der Waals surface area contributed by atoms with Gasteiger partial charge in [-0.3, -0.25) is 9.69 Å². The number of para-hydroxylation sites is 1. The number of anilines is 1. The average molecular weight is 310 g/mol. The normalized spacial score (nSPS) is 10.9. The van der Waals surface area contributed by atoms with Crippen molar-refractivity contribution in [1.82, 2.24) is 4.98 Å². The van der Waals surface area contributed by atoms with E-state index >= 15 is 0 Å². The van der Waals surface area contributed by atoms with Gasteiger partial charge in [0.15, 0.2) is 5.13 Å². The third-order valence-electron chi connectivity index (χ3n) is 3.70. The van der Waals surface area contributed by atoms with Gasteiger partial charge in [-0.25, -0.2) is 4.98 Å². The monoisotopic (exact) mass is 310 g/mol. The van der Waals surface area contributed by atoms with Crippen molar-refractivity contribution in [2.24, 2.45) is 0 Å². The van der Waals surface area contributed by atoms with Crippen molar-refractivity contribution in [3.8, 4) is 0 Å². The SMILES string of the molecule is CCN(C(=O)c1ccc(C)cc1)c1nc2c(C)cccc2s1. The summed E-state index contributed by atoms with van der Waals surface area (Å²) < 4.78 is 1.12. The summed E-state index contributed by atoms with van der Waals surface area (Å²) in [4.78, 5) is 19.2. The van der Waals surface area contributed by atoms with Crippen LogP contribution in [-0.2, 0) is 0 Å². The first-order chi connectivity index (χ1) is 10.6. The van der Waals surface area contributed by atoms with E-state index in [2.05, 4.69) is 4.98 Å². The Bertz CT molecular complexity index is 821. The van der Waals surface area contributed by atoms with Crippen LogP contribution in [0, 0.1) is 13.8 Å². The fourth-order valence-corrected chi connectivity index (χ4v) is 3.51. The van der Waals surface area contributed by atoms with Crippen molar-refractivity contribution in [3.05, 3.63) is 59.2 Å². The molecule has 0 fully saturated rings. The number of hydrogen-bond donors (Lipinski definition) is 0. The average Bonchev–Trinajstić information content (AvgIpc) is 2.94. The van der Waals surface area contributed by atoms with Gasteiger partial charge in [0.2, 0.25) is 0 Å². The molecule has 0 atom stereocenters. The maximum atomic E-state index is 12.7. The highest BCUT2D eigenvalue weighted by atomic mass is 32.1. The molecular weight excluding hydrogens is 292 g/mol. The summed E-state index contributed by atoms with van der Waals surface area (Å²) in [6.45, 7) is 6.64. The van der Waals surface area contributed by atoms with E-state index in [-0.39, 0.29) is 5.91 Å². The fourth-order valence-electron chi connectivity index (χ4n) is 2.41. The van der Waals surface area contributed by atoms with Crippen LogP contribution < -0.4 is 4.90 Å². The van der Waals surface area contributed by atoms with E-state index in [9.17, 15) is 4.79 Å². The van der Waals surface area contributed by atoms with Crippen LogP contribution >= 0.6 is 11.3 Å². The number of hydrogen-bond acceptors (Lipinski definition) is 3. The van der Waals surface area contributed by atoms with E-state index < -0.39 is 0 Å². The number of carbonyl (C=O) groups excluding carboxylic acids is 1. The van der Waals surface area contributed by atoms with Gasteiger partial charge in [-0.05, 0) is 44.5 Å². The van der Waals surface area contributed by atoms with Crippen LogP contribution in [0.25, 0.3) is 10.2 Å². The minimum Gasteiger partial charge on any atom is -0.284 e. The summed E-state index contributed by atoms with van der Waals surface area (Å²) in [5, 5.41) is 0.761. The van der Waals surface area contributed by atoms with Crippen LogP contribution in [-0.4, -0.2) is 17.4 Å². The molecule has 0 saturated heterocycles. The van der Waals surface area contributed by atoms with Crippen LogP contribution in [0.3, 0.4) is 0 Å². The van der Waals surface area contributed by atoms with Gasteiger partial charge in [-0.15, -0.1) is 0 Å². The molecule has 1 aromatic heterocycles. The van der Waals surface area contributed by atoms with Crippen molar-refractivity contribution in [1.29, 1.82) is 0 Å². The van der Waals surface area contributed by atoms with Gasteiger partial charge in [0.25, 0.3) is 5.91 Å². The van der Waals surface area contributed by atoms with Crippen molar-refractivity contribution < 1.29 is 4.79 Å². The second-order valence-corrected chi connectivity index (χ2v) is 6.34. The quantitative estimate of drug-likeness (QED) is 0.709. The molecule has 0 spiro atoms. The Morgan fingerprint density at radius 3 is 2.50 bits per heavy atom. The van der Waals surface area contributed by atoms with Gasteiger partial charge in [-0.2, -0.15) is 0 Å². The third-order valence-corrected chi connectivity index (χ3v) is 4.74. The standard InChI is InChI=1S/C18H18N2OS/c1-4-20(17(21)14-10-8-12(2)9-11-14)18-19-16-13(3)6-5-7-15(16)22-18/h5-11H,4H2,1-3H3. The van der Waals surface area contributed by atoms with Crippen LogP contribution in [0.5, 0.6) is 0 Å². The topological polar surface area (TPSA) is 33.2 Å². The third kappa shape index (κ3) is 2.62. The molecule has 0 N–H and O–H groups in total. The number of aryl methyl sites for hydroxylation is 2. The van der Waals surface area contributed by atoms with Crippen LogP contribution in [0.2, 0.25) is 0 Å². The van der Waals surface area contributed by atoms with Crippen LogP contribution in [0.15, 0.2) is 42.5 Å². The molecule has 3 nitrogen and oxygen atoms in total. The van der Waals surface area contributed by atoms with Gasteiger partial charge in [0.05, 0.1) is 10.2 Å². The molecule has 22 heavy (non-hydrogen) atoms. The molecule has 1 amide bonds. The smallest absolute Gasteiger partial charge is 0.260 e. The molecule has 2 aromatic carbocycles. The molecule has 0 saturated carbocycles. The first-order valence-electron chi connectivity index (χ1n) is 7.35. The molecule has 0 bridgehead atoms. The van der Waals surface area contributed by atoms with Crippen LogP contribution in [0.1, 0.15) is 28.4 Å². The van der Waals surface area contributed by atoms with Gasteiger partial charge in [0, 0.05) is 12.1 Å². The zero-order valence-corrected chi connectivity index (χ0v) is 13.8. The largest absolute Gasteiger partial charge is 0.284 e. The Hall–Kier alpha value is -2.20. The van der Waals surface area contributed by atoms with Crippen molar-refractivity contribution in [2.45, 2.75) is 20.8 Å². The van der Waals surface area contributed by atoms with Gasteiger partial charge < -0.3 is 0 Å². The lowest BCUT2D eigenvalue weighted by atomic mass is 10.1. The molecular formula is C18H18N2OS. The summed E-state index contributed by atoms with van der Waals surface area (Å²) in [7, 11) is 0. The number of thiazole rings is 1. The lowest BCUT2D eigenvalue weighted by Crippen LogP contribution is -2.30. The number of rotatable bonds is 3. The molecule has 112 valence electrons. The van der Waals surface area contributed by atoms with E-state index in [1.54, 1.807) is 16.2 Å². The molecule has 0 radical (unpaired) electrons. The van der Waals surface area contributed by atoms with Gasteiger partial charge in [-0.1, -0.05) is 41.2 Å². The second kappa shape index (κ2) is 5.89. The highest BCUT2D eigenvalue weighted by Crippen LogP contribution is 2.31. The van der Waals surface area contributed by atoms with Crippen molar-refractivity contribution in [3.63, 3.8) is 0 Å². The van der Waals surface area contributed by atoms with E-state index in [1.165, 1.54) is 0 Å². The Balaban J connectivity index is 2.00. The predicted molar refractivity (Wildman–Crippen MR) is 92.9 cm³/mol. The lowest BCUT2D eigenvalue weighted by Gasteiger charge is -2.17. The number of carbonyl (C=O) groups is 1. The Kier molecular flexibility index (Phi) is 3.94. The Labute approximate surface area is 134 Å². The zero-order chi connectivity index (χ0) is 15.7.